The maximum atomic E-state index is 12.7. The van der Waals surface area contributed by atoms with E-state index in [-0.39, 0.29) is 11.8 Å². The quantitative estimate of drug-likeness (QED) is 0.219. The molecule has 1 aromatic carbocycles. The van der Waals surface area contributed by atoms with Crippen LogP contribution in [0.15, 0.2) is 29.9 Å². The minimum absolute atomic E-state index is 0.294. The molecule has 0 radical (unpaired) electrons. The Bertz CT molecular complexity index is 930. The van der Waals surface area contributed by atoms with Crippen LogP contribution >= 0.6 is 0 Å². The maximum Gasteiger partial charge on any atom is 0.268 e. The first-order valence-electron chi connectivity index (χ1n) is 12.4. The molecule has 0 bridgehead atoms. The van der Waals surface area contributed by atoms with Crippen LogP contribution in [-0.2, 0) is 9.59 Å². The highest BCUT2D eigenvalue weighted by Gasteiger charge is 2.24. The number of hydrogen-bond donors (Lipinski definition) is 0. The number of unbranched alkanes of at least 4 members (excludes halogenated alkanes) is 8. The monoisotopic (exact) mass is 449 g/mol. The Morgan fingerprint density at radius 3 is 2.48 bits per heavy atom. The van der Waals surface area contributed by atoms with Crippen molar-refractivity contribution in [1.82, 2.24) is 4.90 Å². The first-order valence-corrected chi connectivity index (χ1v) is 12.4. The first-order chi connectivity index (χ1) is 16.0. The summed E-state index contributed by atoms with van der Waals surface area (Å²) in [6.45, 7) is 6.64. The largest absolute Gasteiger partial charge is 0.496 e. The van der Waals surface area contributed by atoms with Crippen molar-refractivity contribution in [2.45, 2.75) is 85.0 Å². The molecule has 0 saturated carbocycles. The van der Waals surface area contributed by atoms with Gasteiger partial charge < -0.3 is 4.74 Å². The van der Waals surface area contributed by atoms with E-state index < -0.39 is 0 Å². The van der Waals surface area contributed by atoms with Crippen LogP contribution < -0.4 is 4.74 Å². The summed E-state index contributed by atoms with van der Waals surface area (Å²) in [6, 6.07) is 3.90. The predicted octanol–water partition coefficient (Wildman–Crippen LogP) is 6.54. The molecule has 2 rings (SSSR count). The van der Waals surface area contributed by atoms with E-state index in [0.29, 0.717) is 18.5 Å². The lowest BCUT2D eigenvalue weighted by atomic mass is 10.0. The molecular formula is C29H39NO3. The topological polar surface area (TPSA) is 46.6 Å². The molecule has 0 fully saturated rings. The molecule has 0 unspecified atom stereocenters. The normalized spacial score (nSPS) is 13.6. The second-order valence-corrected chi connectivity index (χ2v) is 8.73. The number of amides is 2. The smallest absolute Gasteiger partial charge is 0.268 e. The highest BCUT2D eigenvalue weighted by molar-refractivity contribution is 6.11. The van der Waals surface area contributed by atoms with Crippen molar-refractivity contribution in [3.63, 3.8) is 0 Å². The summed E-state index contributed by atoms with van der Waals surface area (Å²) < 4.78 is 5.40. The van der Waals surface area contributed by atoms with E-state index in [1.54, 1.807) is 13.2 Å². The maximum absolute atomic E-state index is 12.7. The van der Waals surface area contributed by atoms with Crippen molar-refractivity contribution in [2.75, 3.05) is 13.7 Å². The van der Waals surface area contributed by atoms with Crippen molar-refractivity contribution in [3.05, 3.63) is 46.5 Å². The van der Waals surface area contributed by atoms with Crippen LogP contribution in [0.25, 0.3) is 6.08 Å². The van der Waals surface area contributed by atoms with Gasteiger partial charge in [0.25, 0.3) is 11.8 Å². The molecule has 0 atom stereocenters. The van der Waals surface area contributed by atoms with Crippen LogP contribution in [-0.4, -0.2) is 30.4 Å². The van der Waals surface area contributed by atoms with Crippen molar-refractivity contribution < 1.29 is 14.3 Å². The second-order valence-electron chi connectivity index (χ2n) is 8.73. The number of carbonyl (C=O) groups is 2. The summed E-state index contributed by atoms with van der Waals surface area (Å²) in [5.41, 5.74) is 3.48. The Morgan fingerprint density at radius 2 is 1.79 bits per heavy atom. The van der Waals surface area contributed by atoms with Crippen molar-refractivity contribution in [1.29, 1.82) is 0 Å². The van der Waals surface area contributed by atoms with Crippen LogP contribution in [0.2, 0.25) is 0 Å². The molecule has 2 amide bonds. The molecule has 0 N–H and O–H groups in total. The van der Waals surface area contributed by atoms with Gasteiger partial charge in [-0.1, -0.05) is 75.9 Å². The van der Waals surface area contributed by atoms with Gasteiger partial charge in [-0.2, -0.15) is 0 Å². The Balaban J connectivity index is 1.84. The zero-order valence-electron chi connectivity index (χ0n) is 20.8. The zero-order valence-corrected chi connectivity index (χ0v) is 20.8. The number of benzene rings is 1. The lowest BCUT2D eigenvalue weighted by molar-refractivity contribution is -0.139. The van der Waals surface area contributed by atoms with Gasteiger partial charge in [-0.3, -0.25) is 14.5 Å². The molecule has 178 valence electrons. The molecule has 1 heterocycles. The lowest BCUT2D eigenvalue weighted by Crippen LogP contribution is -2.39. The number of nitrogens with zero attached hydrogens (tertiary/aromatic N) is 1. The number of rotatable bonds is 11. The average molecular weight is 450 g/mol. The van der Waals surface area contributed by atoms with Gasteiger partial charge in [-0.25, -0.2) is 0 Å². The average Bonchev–Trinajstić information content (AvgIpc) is 2.81. The third-order valence-electron chi connectivity index (χ3n) is 6.10. The van der Waals surface area contributed by atoms with Gasteiger partial charge in [-0.05, 0) is 55.5 Å². The van der Waals surface area contributed by atoms with Gasteiger partial charge in [-0.15, -0.1) is 0 Å². The van der Waals surface area contributed by atoms with Gasteiger partial charge in [0.1, 0.15) is 5.75 Å². The molecule has 1 aromatic rings. The lowest BCUT2D eigenvalue weighted by Gasteiger charge is -2.22. The number of methoxy groups -OCH3 is 1. The van der Waals surface area contributed by atoms with E-state index in [4.69, 9.17) is 4.74 Å². The standard InChI is InChI=1S/C29H39NO3/c1-5-6-7-8-9-10-11-12-13-14-16-26-17-15-20-30(29(26)32)28(31)19-18-25-21-23(2)24(3)27(22-25)33-4/h17-19,21-22H,5-13,15,20H2,1-4H3/b19-18+. The molecule has 0 aliphatic carbocycles. The Morgan fingerprint density at radius 1 is 1.09 bits per heavy atom. The Labute approximate surface area is 200 Å². The Hall–Kier alpha value is -2.80. The van der Waals surface area contributed by atoms with Crippen LogP contribution in [0.4, 0.5) is 0 Å². The third kappa shape index (κ3) is 8.57. The molecule has 4 heteroatoms. The summed E-state index contributed by atoms with van der Waals surface area (Å²) in [6.07, 6.45) is 16.6. The SMILES string of the molecule is CCCCCCCCCCC#CC1=CCCN(C(=O)/C=C/c2cc(C)c(C)c(OC)c2)C1=O. The molecule has 1 aliphatic heterocycles. The summed E-state index contributed by atoms with van der Waals surface area (Å²) >= 11 is 0. The molecular weight excluding hydrogens is 410 g/mol. The highest BCUT2D eigenvalue weighted by Crippen LogP contribution is 2.24. The van der Waals surface area contributed by atoms with Gasteiger partial charge in [0.15, 0.2) is 0 Å². The molecule has 4 nitrogen and oxygen atoms in total. The summed E-state index contributed by atoms with van der Waals surface area (Å²) in [5, 5.41) is 0. The van der Waals surface area contributed by atoms with E-state index in [1.807, 2.05) is 32.1 Å². The molecule has 1 aliphatic rings. The number of carbonyl (C=O) groups excluding carboxylic acids is 2. The summed E-state index contributed by atoms with van der Waals surface area (Å²) in [5.74, 6) is 6.31. The third-order valence-corrected chi connectivity index (χ3v) is 6.10. The summed E-state index contributed by atoms with van der Waals surface area (Å²) in [7, 11) is 1.64. The number of imide groups is 1. The van der Waals surface area contributed by atoms with E-state index in [2.05, 4.69) is 18.8 Å². The minimum atomic E-state index is -0.312. The van der Waals surface area contributed by atoms with Crippen molar-refractivity contribution >= 4 is 17.9 Å². The van der Waals surface area contributed by atoms with Crippen LogP contribution in [0.1, 0.15) is 87.8 Å². The summed E-state index contributed by atoms with van der Waals surface area (Å²) in [4.78, 5) is 26.7. The minimum Gasteiger partial charge on any atom is -0.496 e. The Kier molecular flexibility index (Phi) is 11.5. The number of aryl methyl sites for hydroxylation is 1. The number of ether oxygens (including phenoxy) is 1. The zero-order chi connectivity index (χ0) is 24.1. The molecule has 33 heavy (non-hydrogen) atoms. The van der Waals surface area contributed by atoms with Gasteiger partial charge in [0.2, 0.25) is 0 Å². The fraction of sp³-hybridized carbons (Fsp3) is 0.517. The van der Waals surface area contributed by atoms with Crippen LogP contribution in [0, 0.1) is 25.7 Å². The van der Waals surface area contributed by atoms with Crippen molar-refractivity contribution in [3.8, 4) is 17.6 Å². The molecule has 0 saturated heterocycles. The molecule has 0 spiro atoms. The van der Waals surface area contributed by atoms with Gasteiger partial charge in [0.05, 0.1) is 12.7 Å². The predicted molar refractivity (Wildman–Crippen MR) is 136 cm³/mol. The van der Waals surface area contributed by atoms with Crippen LogP contribution in [0.5, 0.6) is 5.75 Å². The van der Waals surface area contributed by atoms with Crippen LogP contribution in [0.3, 0.4) is 0 Å². The van der Waals surface area contributed by atoms with E-state index in [0.717, 1.165) is 35.3 Å². The number of hydrogen-bond acceptors (Lipinski definition) is 3. The van der Waals surface area contributed by atoms with E-state index in [9.17, 15) is 9.59 Å². The fourth-order valence-corrected chi connectivity index (χ4v) is 3.91. The second kappa shape index (κ2) is 14.4. The van der Waals surface area contributed by atoms with Gasteiger partial charge in [0, 0.05) is 19.0 Å². The van der Waals surface area contributed by atoms with E-state index in [1.165, 1.54) is 55.9 Å². The first kappa shape index (κ1) is 26.5. The highest BCUT2D eigenvalue weighted by atomic mass is 16.5. The fourth-order valence-electron chi connectivity index (χ4n) is 3.91. The van der Waals surface area contributed by atoms with Crippen molar-refractivity contribution in [2.24, 2.45) is 0 Å². The van der Waals surface area contributed by atoms with E-state index >= 15 is 0 Å². The van der Waals surface area contributed by atoms with Gasteiger partial charge >= 0.3 is 0 Å². The molecule has 0 aromatic heterocycles.